The summed E-state index contributed by atoms with van der Waals surface area (Å²) < 4.78 is 0.800. The Balaban J connectivity index is 1.20. The third kappa shape index (κ3) is 0.333. The third-order valence-electron chi connectivity index (χ3n) is 20.5. The molecule has 0 bridgehead atoms. The van der Waals surface area contributed by atoms with E-state index in [0.29, 0.717) is 14.4 Å². The molecule has 10 heterocycles. The number of carbonyl (C=O) groups is 1. The summed E-state index contributed by atoms with van der Waals surface area (Å²) in [5.74, 6) is 0.676. The molecule has 0 aliphatic carbocycles. The fourth-order valence-corrected chi connectivity index (χ4v) is 98.6. The van der Waals surface area contributed by atoms with Crippen molar-refractivity contribution < 1.29 is 11.3 Å². The Labute approximate surface area is 198 Å². The average Bonchev–Trinajstić information content (AvgIpc) is 3.84. The quantitative estimate of drug-likeness (QED) is 0.133. The Morgan fingerprint density at radius 2 is 1.19 bits per heavy atom. The van der Waals surface area contributed by atoms with Gasteiger partial charge >= 0.3 is 199 Å². The Bertz CT molecular complexity index is 2580. The molecule has 10 fully saturated rings. The standard InChI is InChI=1S/C27H17.C7H7O.Fe/c1-2-8-18(7-1)27-23-12-6-5-11-21(23)17-26-24(27)14-13-22-15-19-9-3-4-10-20(19)16-25(22)26;1-6(8)7-4-2-3-5-7;/h1-17H;2-5H,1H3;. The van der Waals surface area contributed by atoms with Crippen LogP contribution in [0.5, 0.6) is 0 Å². The molecule has 8 atom stereocenters. The molecule has 0 aromatic heterocycles. The fourth-order valence-electron chi connectivity index (χ4n) is 22.2. The van der Waals surface area contributed by atoms with Gasteiger partial charge < -0.3 is 0 Å². The second-order valence-electron chi connectivity index (χ2n) is 16.4. The molecule has 1 spiro atoms. The molecule has 2 heteroatoms. The molecule has 174 valence electrons. The van der Waals surface area contributed by atoms with Gasteiger partial charge in [0, 0.05) is 0 Å². The number of rotatable bonds is 2. The van der Waals surface area contributed by atoms with Gasteiger partial charge in [-0.1, -0.05) is 0 Å². The number of hydrogen-bond donors (Lipinski definition) is 0. The zero-order valence-electron chi connectivity index (χ0n) is 19.9. The number of Topliss-reactive ketones (excluding diaryl/α,β-unsaturated/α-hetero) is 1. The predicted octanol–water partition coefficient (Wildman–Crippen LogP) is 9.05. The average molecular weight is 504 g/mol. The monoisotopic (exact) mass is 504 g/mol. The number of carbonyl (C=O) groups excluding carboxylic acids is 1. The molecule has 0 saturated carbocycles. The van der Waals surface area contributed by atoms with E-state index < -0.39 is 6.51 Å². The zero-order valence-corrected chi connectivity index (χ0v) is 21.0. The molecule has 8 unspecified atom stereocenters. The van der Waals surface area contributed by atoms with Crippen molar-refractivity contribution in [2.24, 2.45) is 0 Å². The van der Waals surface area contributed by atoms with Crippen LogP contribution in [0.1, 0.15) is 12.5 Å². The molecule has 1 nitrogen and oxygen atoms in total. The molecule has 36 heavy (non-hydrogen) atoms. The molecule has 10 aliphatic heterocycles. The van der Waals surface area contributed by atoms with Gasteiger partial charge in [-0.2, -0.15) is 0 Å². The summed E-state index contributed by atoms with van der Waals surface area (Å²) >= 11 is 0. The first-order chi connectivity index (χ1) is 17.4. The van der Waals surface area contributed by atoms with E-state index in [4.69, 9.17) is 0 Å². The fraction of sp³-hybridized carbons (Fsp3) is 0.324. The molecular formula is C34H24FeO. The van der Waals surface area contributed by atoms with Crippen LogP contribution < -0.4 is 0 Å². The Morgan fingerprint density at radius 1 is 0.611 bits per heavy atom. The van der Waals surface area contributed by atoms with Crippen LogP contribution in [0.2, 0.25) is 42.8 Å². The normalized spacial score (nSPS) is 64.9. The van der Waals surface area contributed by atoms with Gasteiger partial charge in [0.2, 0.25) is 0 Å². The second-order valence-corrected chi connectivity index (χ2v) is 39.6. The van der Waals surface area contributed by atoms with E-state index >= 15 is 0 Å². The van der Waals surface area contributed by atoms with Gasteiger partial charge in [0.15, 0.2) is 0 Å². The first-order valence-corrected chi connectivity index (χ1v) is 20.1. The topological polar surface area (TPSA) is 17.1 Å². The minimum absolute atomic E-state index is 0.296. The summed E-state index contributed by atoms with van der Waals surface area (Å²) in [7, 11) is 0. The van der Waals surface area contributed by atoms with E-state index in [1.807, 2.05) is 6.92 Å². The van der Waals surface area contributed by atoms with Crippen molar-refractivity contribution in [3.63, 3.8) is 0 Å². The molecule has 0 N–H and O–H groups in total. The van der Waals surface area contributed by atoms with Gasteiger partial charge in [-0.3, -0.25) is 0 Å². The summed E-state index contributed by atoms with van der Waals surface area (Å²) in [4.78, 5) is 22.0. The van der Waals surface area contributed by atoms with Crippen molar-refractivity contribution in [3.8, 4) is 0 Å². The van der Waals surface area contributed by atoms with E-state index in [1.165, 1.54) is 37.7 Å². The van der Waals surface area contributed by atoms with Gasteiger partial charge in [-0.25, -0.2) is 0 Å². The maximum atomic E-state index is 13.6. The van der Waals surface area contributed by atoms with Crippen molar-refractivity contribution in [2.45, 2.75) is 54.1 Å². The van der Waals surface area contributed by atoms with Gasteiger partial charge in [0.1, 0.15) is 0 Å². The second kappa shape index (κ2) is 2.16. The van der Waals surface area contributed by atoms with Crippen molar-refractivity contribution in [3.05, 3.63) is 84.4 Å². The van der Waals surface area contributed by atoms with E-state index in [2.05, 4.69) is 78.9 Å². The van der Waals surface area contributed by atoms with Crippen LogP contribution in [0.15, 0.2) is 78.9 Å². The van der Waals surface area contributed by atoms with E-state index in [1.54, 1.807) is 10.9 Å². The van der Waals surface area contributed by atoms with Gasteiger partial charge in [0.05, 0.1) is 0 Å². The Kier molecular flexibility index (Phi) is 0.931. The Morgan fingerprint density at radius 3 is 1.83 bits per heavy atom. The molecule has 15 rings (SSSR count). The molecular weight excluding hydrogens is 480 g/mol. The van der Waals surface area contributed by atoms with Crippen molar-refractivity contribution in [1.29, 1.82) is 0 Å². The molecule has 0 amide bonds. The molecule has 5 aromatic rings. The Hall–Kier alpha value is -2.67. The van der Waals surface area contributed by atoms with Crippen LogP contribution in [0.25, 0.3) is 43.1 Å². The van der Waals surface area contributed by atoms with E-state index in [-0.39, 0.29) is 0 Å². The maximum absolute atomic E-state index is 13.6. The van der Waals surface area contributed by atoms with Gasteiger partial charge in [-0.15, -0.1) is 0 Å². The van der Waals surface area contributed by atoms with Crippen molar-refractivity contribution >= 4 is 48.9 Å². The summed E-state index contributed by atoms with van der Waals surface area (Å²) in [5, 5.41) is 11.4. The summed E-state index contributed by atoms with van der Waals surface area (Å²) in [6.07, 6.45) is 0. The predicted molar refractivity (Wildman–Crippen MR) is 142 cm³/mol. The summed E-state index contributed by atoms with van der Waals surface area (Å²) in [5.41, 5.74) is 1.78. The molecule has 5 aromatic carbocycles. The molecule has 10 aliphatic rings. The number of fused-ring (bicyclic) bond motifs is 15. The van der Waals surface area contributed by atoms with Crippen LogP contribution in [-0.4, -0.2) is 5.78 Å². The SMILES string of the molecule is CC(=O)[C]12[CH]3[CH]4[CH]5[CH]1[Fe]45321678[CH]2[CH]1[CH]6[C]7(c1c3ccccc3cc3c1ccc1cc4ccccc4cc13)[CH]28. The molecule has 10 saturated heterocycles. The van der Waals surface area contributed by atoms with E-state index in [0.717, 1.165) is 38.5 Å². The summed E-state index contributed by atoms with van der Waals surface area (Å²) in [6, 6.07) is 30.4. The van der Waals surface area contributed by atoms with Crippen molar-refractivity contribution in [2.75, 3.05) is 0 Å². The first kappa shape index (κ1) is 15.6. The van der Waals surface area contributed by atoms with Gasteiger partial charge in [0.25, 0.3) is 0 Å². The summed E-state index contributed by atoms with van der Waals surface area (Å²) in [6.45, 7) is -1.91. The van der Waals surface area contributed by atoms with E-state index in [9.17, 15) is 4.79 Å². The first-order valence-electron chi connectivity index (χ1n) is 13.9. The number of benzene rings is 5. The van der Waals surface area contributed by atoms with Crippen LogP contribution in [0.4, 0.5) is 0 Å². The number of ketones is 1. The number of hydrogen-bond acceptors (Lipinski definition) is 1. The van der Waals surface area contributed by atoms with Crippen LogP contribution in [0.3, 0.4) is 0 Å². The molecule has 0 radical (unpaired) electrons. The van der Waals surface area contributed by atoms with Crippen LogP contribution in [0, 0.1) is 0 Å². The van der Waals surface area contributed by atoms with Crippen molar-refractivity contribution in [1.82, 2.24) is 0 Å². The minimum atomic E-state index is -3.94. The third-order valence-corrected chi connectivity index (χ3v) is 63.3. The van der Waals surface area contributed by atoms with Crippen LogP contribution >= 0.6 is 0 Å². The van der Waals surface area contributed by atoms with Gasteiger partial charge in [-0.05, 0) is 0 Å². The van der Waals surface area contributed by atoms with Crippen LogP contribution in [-0.2, 0) is 15.6 Å². The zero-order chi connectivity index (χ0) is 22.9.